The number of hydrogen-bond acceptors (Lipinski definition) is 4. The highest BCUT2D eigenvalue weighted by Crippen LogP contribution is 2.29. The molecular formula is C32H46N2O2. The third-order valence-electron chi connectivity index (χ3n) is 7.54. The van der Waals surface area contributed by atoms with E-state index in [2.05, 4.69) is 72.2 Å². The van der Waals surface area contributed by atoms with Gasteiger partial charge in [0.2, 0.25) is 0 Å². The summed E-state index contributed by atoms with van der Waals surface area (Å²) < 4.78 is 12.2. The van der Waals surface area contributed by atoms with E-state index < -0.39 is 0 Å². The topological polar surface area (TPSA) is 24.9 Å². The Balaban J connectivity index is 1.28. The minimum absolute atomic E-state index is 0.758. The SMILES string of the molecule is CC(C)=C(c1ccc(OCCN2CCCCCC2)cc1)c1ccc(OCCN2CCCCCC2)cc1. The van der Waals surface area contributed by atoms with Crippen LogP contribution in [0.4, 0.5) is 0 Å². The van der Waals surface area contributed by atoms with Crippen molar-refractivity contribution >= 4 is 5.57 Å². The summed E-state index contributed by atoms with van der Waals surface area (Å²) in [6.07, 6.45) is 10.8. The monoisotopic (exact) mass is 490 g/mol. The molecule has 36 heavy (non-hydrogen) atoms. The van der Waals surface area contributed by atoms with E-state index >= 15 is 0 Å². The second kappa shape index (κ2) is 14.4. The maximum Gasteiger partial charge on any atom is 0.119 e. The molecule has 0 atom stereocenters. The van der Waals surface area contributed by atoms with Gasteiger partial charge >= 0.3 is 0 Å². The third-order valence-corrected chi connectivity index (χ3v) is 7.54. The van der Waals surface area contributed by atoms with E-state index in [0.717, 1.165) is 37.8 Å². The molecule has 0 unspecified atom stereocenters. The largest absolute Gasteiger partial charge is 0.492 e. The minimum atomic E-state index is 0.758. The Morgan fingerprint density at radius 3 is 1.25 bits per heavy atom. The Bertz CT molecular complexity index is 844. The lowest BCUT2D eigenvalue weighted by Gasteiger charge is -2.20. The highest BCUT2D eigenvalue weighted by Gasteiger charge is 2.11. The molecule has 0 aromatic heterocycles. The summed E-state index contributed by atoms with van der Waals surface area (Å²) in [7, 11) is 0. The van der Waals surface area contributed by atoms with Gasteiger partial charge in [0.15, 0.2) is 0 Å². The van der Waals surface area contributed by atoms with Gasteiger partial charge in [-0.3, -0.25) is 9.80 Å². The van der Waals surface area contributed by atoms with Crippen LogP contribution in [0, 0.1) is 0 Å². The van der Waals surface area contributed by atoms with Crippen LogP contribution in [0.3, 0.4) is 0 Å². The summed E-state index contributed by atoms with van der Waals surface area (Å²) in [6.45, 7) is 12.8. The van der Waals surface area contributed by atoms with E-state index in [-0.39, 0.29) is 0 Å². The predicted molar refractivity (Wildman–Crippen MR) is 151 cm³/mol. The summed E-state index contributed by atoms with van der Waals surface area (Å²) >= 11 is 0. The number of nitrogens with zero attached hydrogens (tertiary/aromatic N) is 2. The van der Waals surface area contributed by atoms with E-state index in [1.165, 1.54) is 99.8 Å². The first-order valence-corrected chi connectivity index (χ1v) is 14.3. The molecule has 4 heteroatoms. The molecule has 0 N–H and O–H groups in total. The highest BCUT2D eigenvalue weighted by atomic mass is 16.5. The average molecular weight is 491 g/mol. The Kier molecular flexibility index (Phi) is 10.7. The number of rotatable bonds is 10. The van der Waals surface area contributed by atoms with Crippen molar-refractivity contribution in [2.45, 2.75) is 65.2 Å². The Morgan fingerprint density at radius 2 is 0.917 bits per heavy atom. The fourth-order valence-electron chi connectivity index (χ4n) is 5.48. The van der Waals surface area contributed by atoms with Crippen molar-refractivity contribution in [1.29, 1.82) is 0 Å². The first-order chi connectivity index (χ1) is 17.7. The maximum absolute atomic E-state index is 6.08. The number of hydrogen-bond donors (Lipinski definition) is 0. The van der Waals surface area contributed by atoms with Crippen LogP contribution in [0.15, 0.2) is 54.1 Å². The second-order valence-corrected chi connectivity index (χ2v) is 10.6. The number of ether oxygens (including phenoxy) is 2. The minimum Gasteiger partial charge on any atom is -0.492 e. The van der Waals surface area contributed by atoms with E-state index in [4.69, 9.17) is 9.47 Å². The van der Waals surface area contributed by atoms with E-state index in [1.807, 2.05) is 0 Å². The van der Waals surface area contributed by atoms with E-state index in [1.54, 1.807) is 0 Å². The third kappa shape index (κ3) is 8.38. The van der Waals surface area contributed by atoms with Crippen molar-refractivity contribution < 1.29 is 9.47 Å². The number of likely N-dealkylation sites (tertiary alicyclic amines) is 2. The molecule has 2 aliphatic heterocycles. The zero-order chi connectivity index (χ0) is 25.0. The number of benzene rings is 2. The van der Waals surface area contributed by atoms with Gasteiger partial charge < -0.3 is 9.47 Å². The Labute approximate surface area is 219 Å². The van der Waals surface area contributed by atoms with Crippen LogP contribution in [0.25, 0.3) is 5.57 Å². The summed E-state index contributed by atoms with van der Waals surface area (Å²) in [5.41, 5.74) is 5.04. The lowest BCUT2D eigenvalue weighted by atomic mass is 9.94. The van der Waals surface area contributed by atoms with Crippen LogP contribution in [-0.4, -0.2) is 62.3 Å². The molecule has 2 saturated heterocycles. The molecule has 2 aliphatic rings. The van der Waals surface area contributed by atoms with Crippen molar-refractivity contribution in [2.24, 2.45) is 0 Å². The fraction of sp³-hybridized carbons (Fsp3) is 0.562. The molecule has 0 spiro atoms. The van der Waals surface area contributed by atoms with Gasteiger partial charge in [-0.1, -0.05) is 55.5 Å². The van der Waals surface area contributed by atoms with Crippen molar-refractivity contribution in [1.82, 2.24) is 9.80 Å². The van der Waals surface area contributed by atoms with Crippen LogP contribution in [-0.2, 0) is 0 Å². The summed E-state index contributed by atoms with van der Waals surface area (Å²) in [4.78, 5) is 5.09. The Morgan fingerprint density at radius 1 is 0.556 bits per heavy atom. The molecule has 0 radical (unpaired) electrons. The Hall–Kier alpha value is -2.30. The van der Waals surface area contributed by atoms with Crippen molar-refractivity contribution in [3.8, 4) is 11.5 Å². The maximum atomic E-state index is 6.08. The molecule has 0 saturated carbocycles. The van der Waals surface area contributed by atoms with Gasteiger partial charge in [-0.25, -0.2) is 0 Å². The van der Waals surface area contributed by atoms with Crippen LogP contribution in [0.5, 0.6) is 11.5 Å². The molecule has 0 bridgehead atoms. The van der Waals surface area contributed by atoms with Crippen molar-refractivity contribution in [3.05, 3.63) is 65.2 Å². The molecule has 0 amide bonds. The van der Waals surface area contributed by atoms with Crippen LogP contribution in [0.2, 0.25) is 0 Å². The normalized spacial score (nSPS) is 17.7. The quantitative estimate of drug-likeness (QED) is 0.357. The van der Waals surface area contributed by atoms with Crippen molar-refractivity contribution in [2.75, 3.05) is 52.5 Å². The molecule has 2 fully saturated rings. The van der Waals surface area contributed by atoms with Gasteiger partial charge in [0.1, 0.15) is 24.7 Å². The lowest BCUT2D eigenvalue weighted by Crippen LogP contribution is -2.29. The molecule has 2 aromatic rings. The molecule has 2 aromatic carbocycles. The fourth-order valence-corrected chi connectivity index (χ4v) is 5.48. The lowest BCUT2D eigenvalue weighted by molar-refractivity contribution is 0.214. The molecule has 0 aliphatic carbocycles. The summed E-state index contributed by atoms with van der Waals surface area (Å²) in [5.74, 6) is 1.91. The standard InChI is InChI=1S/C32H46N2O2/c1-27(2)32(28-11-15-30(16-12-28)35-25-23-33-19-7-3-4-8-20-33)29-13-17-31(18-14-29)36-26-24-34-21-9-5-6-10-22-34/h11-18H,3-10,19-26H2,1-2H3. The predicted octanol–water partition coefficient (Wildman–Crippen LogP) is 7.04. The summed E-state index contributed by atoms with van der Waals surface area (Å²) in [5, 5.41) is 0. The van der Waals surface area contributed by atoms with Gasteiger partial charge in [0.05, 0.1) is 0 Å². The van der Waals surface area contributed by atoms with Crippen molar-refractivity contribution in [3.63, 3.8) is 0 Å². The first-order valence-electron chi connectivity index (χ1n) is 14.3. The van der Waals surface area contributed by atoms with E-state index in [0.29, 0.717) is 0 Å². The van der Waals surface area contributed by atoms with Gasteiger partial charge in [-0.2, -0.15) is 0 Å². The smallest absolute Gasteiger partial charge is 0.119 e. The van der Waals surface area contributed by atoms with E-state index in [9.17, 15) is 0 Å². The molecule has 196 valence electrons. The highest BCUT2D eigenvalue weighted by molar-refractivity contribution is 5.82. The average Bonchev–Trinajstić information content (AvgIpc) is 3.31. The molecule has 2 heterocycles. The van der Waals surface area contributed by atoms with Gasteiger partial charge in [-0.15, -0.1) is 0 Å². The van der Waals surface area contributed by atoms with Crippen LogP contribution in [0.1, 0.15) is 76.3 Å². The first kappa shape index (κ1) is 26.8. The molecule has 4 rings (SSSR count). The van der Waals surface area contributed by atoms with Crippen LogP contribution >= 0.6 is 0 Å². The van der Waals surface area contributed by atoms with Gasteiger partial charge in [0.25, 0.3) is 0 Å². The second-order valence-electron chi connectivity index (χ2n) is 10.6. The van der Waals surface area contributed by atoms with Gasteiger partial charge in [0, 0.05) is 13.1 Å². The molecule has 4 nitrogen and oxygen atoms in total. The van der Waals surface area contributed by atoms with Gasteiger partial charge in [-0.05, 0) is 107 Å². The molecular weight excluding hydrogens is 444 g/mol. The number of allylic oxidation sites excluding steroid dienone is 1. The zero-order valence-electron chi connectivity index (χ0n) is 22.6. The van der Waals surface area contributed by atoms with Crippen LogP contribution < -0.4 is 9.47 Å². The zero-order valence-corrected chi connectivity index (χ0v) is 22.6. The summed E-state index contributed by atoms with van der Waals surface area (Å²) in [6, 6.07) is 17.2.